The number of benzene rings is 1. The second-order valence-electron chi connectivity index (χ2n) is 4.60. The van der Waals surface area contributed by atoms with Crippen LogP contribution in [-0.4, -0.2) is 20.6 Å². The number of ether oxygens (including phenoxy) is 2. The summed E-state index contributed by atoms with van der Waals surface area (Å²) in [6, 6.07) is 3.49. The zero-order valence-electron chi connectivity index (χ0n) is 10.8. The van der Waals surface area contributed by atoms with E-state index in [9.17, 15) is 13.2 Å². The van der Waals surface area contributed by atoms with Crippen molar-refractivity contribution in [3.63, 3.8) is 0 Å². The Morgan fingerprint density at radius 2 is 2.15 bits per heavy atom. The Bertz CT molecular complexity index is 495. The second kappa shape index (κ2) is 5.58. The molecule has 1 fully saturated rings. The molecule has 1 saturated heterocycles. The van der Waals surface area contributed by atoms with E-state index in [2.05, 4.69) is 0 Å². The first-order chi connectivity index (χ1) is 9.32. The summed E-state index contributed by atoms with van der Waals surface area (Å²) in [6.45, 7) is 2.08. The van der Waals surface area contributed by atoms with Gasteiger partial charge in [-0.3, -0.25) is 0 Å². The van der Waals surface area contributed by atoms with Crippen LogP contribution in [0.15, 0.2) is 18.2 Å². The Labute approximate surface area is 121 Å². The second-order valence-corrected chi connectivity index (χ2v) is 5.04. The molecule has 0 unspecified atom stereocenters. The standard InChI is InChI=1S/C13H13BClF3O2/c1-2-9-6-19-12(7-14,20-9)10-4-3-8(15)5-11(10)13(16,17)18/h3-5,9H,2,6-7H2,1H3/t9-,12+/m1/s1. The van der Waals surface area contributed by atoms with E-state index in [1.807, 2.05) is 6.92 Å². The van der Waals surface area contributed by atoms with Crippen LogP contribution in [-0.2, 0) is 21.4 Å². The van der Waals surface area contributed by atoms with E-state index in [4.69, 9.17) is 28.9 Å². The minimum atomic E-state index is -4.56. The Balaban J connectivity index is 2.51. The molecule has 0 amide bonds. The van der Waals surface area contributed by atoms with Gasteiger partial charge in [0, 0.05) is 10.6 Å². The van der Waals surface area contributed by atoms with Crippen molar-refractivity contribution in [3.8, 4) is 0 Å². The number of halogens is 4. The Morgan fingerprint density at radius 1 is 1.45 bits per heavy atom. The molecule has 2 nitrogen and oxygen atoms in total. The highest BCUT2D eigenvalue weighted by Crippen LogP contribution is 2.44. The van der Waals surface area contributed by atoms with Crippen LogP contribution in [0.25, 0.3) is 0 Å². The molecule has 0 aromatic heterocycles. The van der Waals surface area contributed by atoms with Crippen LogP contribution in [0.5, 0.6) is 0 Å². The number of rotatable bonds is 3. The van der Waals surface area contributed by atoms with Gasteiger partial charge in [-0.2, -0.15) is 13.2 Å². The van der Waals surface area contributed by atoms with Crippen molar-refractivity contribution >= 4 is 19.4 Å². The highest BCUT2D eigenvalue weighted by molar-refractivity contribution is 6.30. The maximum Gasteiger partial charge on any atom is 0.416 e. The molecule has 1 aromatic rings. The Morgan fingerprint density at radius 3 is 2.65 bits per heavy atom. The predicted octanol–water partition coefficient (Wildman–Crippen LogP) is 3.92. The monoisotopic (exact) mass is 304 g/mol. The summed E-state index contributed by atoms with van der Waals surface area (Å²) in [4.78, 5) is 0. The van der Waals surface area contributed by atoms with Crippen molar-refractivity contribution < 1.29 is 22.6 Å². The van der Waals surface area contributed by atoms with Crippen LogP contribution in [0.1, 0.15) is 24.5 Å². The van der Waals surface area contributed by atoms with Gasteiger partial charge in [0.25, 0.3) is 0 Å². The lowest BCUT2D eigenvalue weighted by atomic mass is 9.87. The van der Waals surface area contributed by atoms with Gasteiger partial charge in [-0.15, -0.1) is 0 Å². The predicted molar refractivity (Wildman–Crippen MR) is 69.8 cm³/mol. The normalized spacial score (nSPS) is 26.9. The van der Waals surface area contributed by atoms with Crippen molar-refractivity contribution in [2.45, 2.75) is 37.7 Å². The van der Waals surface area contributed by atoms with Gasteiger partial charge in [0.15, 0.2) is 5.79 Å². The van der Waals surface area contributed by atoms with Gasteiger partial charge < -0.3 is 9.47 Å². The topological polar surface area (TPSA) is 18.5 Å². The van der Waals surface area contributed by atoms with Gasteiger partial charge in [-0.05, 0) is 24.9 Å². The third-order valence-corrected chi connectivity index (χ3v) is 3.52. The van der Waals surface area contributed by atoms with E-state index >= 15 is 0 Å². The van der Waals surface area contributed by atoms with Gasteiger partial charge >= 0.3 is 6.18 Å². The van der Waals surface area contributed by atoms with Crippen LogP contribution < -0.4 is 0 Å². The largest absolute Gasteiger partial charge is 0.416 e. The molecule has 20 heavy (non-hydrogen) atoms. The summed E-state index contributed by atoms with van der Waals surface area (Å²) < 4.78 is 50.6. The molecule has 2 rings (SSSR count). The third-order valence-electron chi connectivity index (χ3n) is 3.28. The van der Waals surface area contributed by atoms with Gasteiger partial charge in [0.1, 0.15) is 0 Å². The van der Waals surface area contributed by atoms with Crippen LogP contribution in [0.3, 0.4) is 0 Å². The van der Waals surface area contributed by atoms with E-state index in [0.717, 1.165) is 6.07 Å². The first kappa shape index (κ1) is 15.7. The van der Waals surface area contributed by atoms with Crippen molar-refractivity contribution in [1.82, 2.24) is 0 Å². The molecule has 1 aromatic carbocycles. The fourth-order valence-electron chi connectivity index (χ4n) is 2.21. The first-order valence-electron chi connectivity index (χ1n) is 6.21. The van der Waals surface area contributed by atoms with Crippen LogP contribution in [0, 0.1) is 0 Å². The van der Waals surface area contributed by atoms with Gasteiger partial charge in [0.2, 0.25) is 0 Å². The SMILES string of the molecule is [B]C[C@]1(c2ccc(Cl)cc2C(F)(F)F)OC[C@@H](CC)O1. The molecule has 7 heteroatoms. The Kier molecular flexibility index (Phi) is 4.37. The number of alkyl halides is 3. The molecule has 0 spiro atoms. The highest BCUT2D eigenvalue weighted by atomic mass is 35.5. The summed E-state index contributed by atoms with van der Waals surface area (Å²) in [6.07, 6.45) is -4.39. The first-order valence-corrected chi connectivity index (χ1v) is 6.59. The summed E-state index contributed by atoms with van der Waals surface area (Å²) in [5.74, 6) is -1.56. The van der Waals surface area contributed by atoms with E-state index in [1.54, 1.807) is 0 Å². The van der Waals surface area contributed by atoms with Crippen molar-refractivity contribution in [1.29, 1.82) is 0 Å². The average molecular weight is 305 g/mol. The highest BCUT2D eigenvalue weighted by Gasteiger charge is 2.46. The zero-order valence-corrected chi connectivity index (χ0v) is 11.6. The van der Waals surface area contributed by atoms with E-state index in [-0.39, 0.29) is 29.6 Å². The lowest BCUT2D eigenvalue weighted by Gasteiger charge is -2.30. The van der Waals surface area contributed by atoms with Crippen LogP contribution in [0.4, 0.5) is 13.2 Å². The summed E-state index contributed by atoms with van der Waals surface area (Å²) >= 11 is 5.66. The zero-order chi connectivity index (χ0) is 15.0. The number of hydrogen-bond donors (Lipinski definition) is 0. The molecular weight excluding hydrogens is 291 g/mol. The molecule has 1 aliphatic rings. The molecule has 0 N–H and O–H groups in total. The molecule has 0 aliphatic carbocycles. The minimum Gasteiger partial charge on any atom is -0.344 e. The summed E-state index contributed by atoms with van der Waals surface area (Å²) in [7, 11) is 5.62. The minimum absolute atomic E-state index is 0.00159. The maximum absolute atomic E-state index is 13.2. The van der Waals surface area contributed by atoms with E-state index in [1.165, 1.54) is 12.1 Å². The van der Waals surface area contributed by atoms with E-state index in [0.29, 0.717) is 6.42 Å². The lowest BCUT2D eigenvalue weighted by molar-refractivity contribution is -0.174. The lowest BCUT2D eigenvalue weighted by Crippen LogP contribution is -2.30. The van der Waals surface area contributed by atoms with Gasteiger partial charge in [0.05, 0.1) is 26.1 Å². The maximum atomic E-state index is 13.2. The molecule has 2 radical (unpaired) electrons. The molecule has 1 heterocycles. The number of hydrogen-bond acceptors (Lipinski definition) is 2. The van der Waals surface area contributed by atoms with Crippen LogP contribution in [0.2, 0.25) is 11.3 Å². The van der Waals surface area contributed by atoms with Gasteiger partial charge in [-0.1, -0.05) is 24.6 Å². The summed E-state index contributed by atoms with van der Waals surface area (Å²) in [5.41, 5.74) is -1.01. The fourth-order valence-corrected chi connectivity index (χ4v) is 2.38. The van der Waals surface area contributed by atoms with Crippen LogP contribution >= 0.6 is 11.6 Å². The van der Waals surface area contributed by atoms with E-state index < -0.39 is 17.5 Å². The molecular formula is C13H13BClF3O2. The molecule has 0 saturated carbocycles. The molecule has 1 aliphatic heterocycles. The van der Waals surface area contributed by atoms with Gasteiger partial charge in [-0.25, -0.2) is 0 Å². The fraction of sp³-hybridized carbons (Fsp3) is 0.538. The molecule has 2 atom stereocenters. The average Bonchev–Trinajstić information content (AvgIpc) is 2.82. The van der Waals surface area contributed by atoms with Crippen molar-refractivity contribution in [3.05, 3.63) is 34.3 Å². The Hall–Kier alpha value is -0.715. The van der Waals surface area contributed by atoms with Crippen molar-refractivity contribution in [2.75, 3.05) is 6.61 Å². The van der Waals surface area contributed by atoms with Crippen molar-refractivity contribution in [2.24, 2.45) is 0 Å². The third kappa shape index (κ3) is 2.82. The summed E-state index contributed by atoms with van der Waals surface area (Å²) in [5, 5.41) is -0.00159. The smallest absolute Gasteiger partial charge is 0.344 e. The molecule has 108 valence electrons. The quantitative estimate of drug-likeness (QED) is 0.788. The molecule has 0 bridgehead atoms.